The van der Waals surface area contributed by atoms with E-state index in [0.29, 0.717) is 27.5 Å². The normalized spacial score (nSPS) is 9.85. The van der Waals surface area contributed by atoms with Crippen LogP contribution in [0.5, 0.6) is 11.6 Å². The van der Waals surface area contributed by atoms with Crippen molar-refractivity contribution in [3.63, 3.8) is 0 Å². The lowest BCUT2D eigenvalue weighted by Crippen LogP contribution is -2.04. The Balaban J connectivity index is 2.28. The van der Waals surface area contributed by atoms with Crippen molar-refractivity contribution in [2.24, 2.45) is 0 Å². The van der Waals surface area contributed by atoms with Crippen LogP contribution in [0.1, 0.15) is 18.9 Å². The van der Waals surface area contributed by atoms with Crippen LogP contribution in [0.15, 0.2) is 35.1 Å². The second kappa shape index (κ2) is 6.87. The van der Waals surface area contributed by atoms with Crippen LogP contribution in [0.3, 0.4) is 0 Å². The maximum Gasteiger partial charge on any atom is 0.238 e. The van der Waals surface area contributed by atoms with E-state index in [4.69, 9.17) is 10.00 Å². The molecule has 2 rings (SSSR count). The highest BCUT2D eigenvalue weighted by Crippen LogP contribution is 2.32. The number of rotatable bonds is 5. The van der Waals surface area contributed by atoms with Gasteiger partial charge in [-0.15, -0.1) is 0 Å². The van der Waals surface area contributed by atoms with Gasteiger partial charge in [-0.2, -0.15) is 5.26 Å². The Hall–Kier alpha value is -2.13. The summed E-state index contributed by atoms with van der Waals surface area (Å²) in [5.41, 5.74) is 0.459. The number of ether oxygens (including phenoxy) is 1. The second-order valence-corrected chi connectivity index (χ2v) is 4.77. The Bertz CT molecular complexity index is 639. The summed E-state index contributed by atoms with van der Waals surface area (Å²) in [5.74, 6) is 1.52. The summed E-state index contributed by atoms with van der Waals surface area (Å²) < 4.78 is 6.33. The van der Waals surface area contributed by atoms with Crippen LogP contribution in [0, 0.1) is 11.3 Å². The number of nitriles is 1. The Kier molecular flexibility index (Phi) is 4.91. The molecule has 0 aliphatic carbocycles. The predicted molar refractivity (Wildman–Crippen MR) is 79.7 cm³/mol. The van der Waals surface area contributed by atoms with Gasteiger partial charge in [0, 0.05) is 6.54 Å². The summed E-state index contributed by atoms with van der Waals surface area (Å²) in [6.45, 7) is 2.88. The van der Waals surface area contributed by atoms with Crippen LogP contribution < -0.4 is 10.1 Å². The predicted octanol–water partition coefficient (Wildman–Crippen LogP) is 3.72. The number of hydrogen-bond donors (Lipinski definition) is 1. The van der Waals surface area contributed by atoms with E-state index in [1.54, 1.807) is 18.2 Å². The van der Waals surface area contributed by atoms with Gasteiger partial charge in [0.25, 0.3) is 0 Å². The molecule has 0 saturated carbocycles. The van der Waals surface area contributed by atoms with Gasteiger partial charge < -0.3 is 10.1 Å². The van der Waals surface area contributed by atoms with Crippen LogP contribution in [0.25, 0.3) is 0 Å². The molecule has 0 saturated heterocycles. The molecule has 0 bridgehead atoms. The van der Waals surface area contributed by atoms with E-state index in [1.807, 2.05) is 6.07 Å². The van der Waals surface area contributed by atoms with E-state index < -0.39 is 0 Å². The molecule has 0 spiro atoms. The number of nitrogens with zero attached hydrogens (tertiary/aromatic N) is 3. The minimum Gasteiger partial charge on any atom is -0.436 e. The molecule has 1 heterocycles. The fourth-order valence-electron chi connectivity index (χ4n) is 1.54. The zero-order chi connectivity index (χ0) is 14.4. The minimum atomic E-state index is 0.376. The lowest BCUT2D eigenvalue weighted by Gasteiger charge is -2.11. The van der Waals surface area contributed by atoms with Crippen LogP contribution in [-0.2, 0) is 0 Å². The quantitative estimate of drug-likeness (QED) is 0.903. The molecule has 0 atom stereocenters. The average molecular weight is 333 g/mol. The molecule has 1 aromatic heterocycles. The highest BCUT2D eigenvalue weighted by atomic mass is 79.9. The molecule has 102 valence electrons. The van der Waals surface area contributed by atoms with Gasteiger partial charge >= 0.3 is 0 Å². The number of nitrogens with one attached hydrogen (secondary N) is 1. The lowest BCUT2D eigenvalue weighted by molar-refractivity contribution is 0.457. The second-order valence-electron chi connectivity index (χ2n) is 3.98. The Morgan fingerprint density at radius 2 is 2.15 bits per heavy atom. The van der Waals surface area contributed by atoms with Gasteiger partial charge in [0.15, 0.2) is 0 Å². The van der Waals surface area contributed by atoms with Crippen molar-refractivity contribution < 1.29 is 4.74 Å². The number of halogens is 1. The standard InChI is InChI=1S/C14H13BrN4O/c1-2-7-17-13-12(15)14(19-9-18-13)20-11-6-4-3-5-10(11)8-16/h3-6,9H,2,7H2,1H3,(H,17,18,19). The number of anilines is 1. The van der Waals surface area contributed by atoms with Gasteiger partial charge in [0.2, 0.25) is 5.88 Å². The van der Waals surface area contributed by atoms with Crippen LogP contribution in [0.2, 0.25) is 0 Å². The first-order valence-corrected chi connectivity index (χ1v) is 6.97. The fourth-order valence-corrected chi connectivity index (χ4v) is 1.97. The van der Waals surface area contributed by atoms with E-state index in [2.05, 4.69) is 44.2 Å². The third-order valence-electron chi connectivity index (χ3n) is 2.51. The van der Waals surface area contributed by atoms with E-state index >= 15 is 0 Å². The molecule has 2 aromatic rings. The molecular weight excluding hydrogens is 320 g/mol. The molecule has 0 fully saturated rings. The first kappa shape index (κ1) is 14.3. The topological polar surface area (TPSA) is 70.8 Å². The largest absolute Gasteiger partial charge is 0.436 e. The number of hydrogen-bond acceptors (Lipinski definition) is 5. The van der Waals surface area contributed by atoms with Crippen molar-refractivity contribution in [3.8, 4) is 17.7 Å². The van der Waals surface area contributed by atoms with E-state index in [9.17, 15) is 0 Å². The van der Waals surface area contributed by atoms with Crippen molar-refractivity contribution in [2.45, 2.75) is 13.3 Å². The fraction of sp³-hybridized carbons (Fsp3) is 0.214. The molecule has 0 unspecified atom stereocenters. The first-order valence-electron chi connectivity index (χ1n) is 6.17. The van der Waals surface area contributed by atoms with Crippen molar-refractivity contribution in [3.05, 3.63) is 40.6 Å². The highest BCUT2D eigenvalue weighted by Gasteiger charge is 2.12. The monoisotopic (exact) mass is 332 g/mol. The van der Waals surface area contributed by atoms with Crippen molar-refractivity contribution in [1.29, 1.82) is 5.26 Å². The first-order chi connectivity index (χ1) is 9.76. The van der Waals surface area contributed by atoms with Gasteiger partial charge in [-0.05, 0) is 34.5 Å². The van der Waals surface area contributed by atoms with E-state index in [0.717, 1.165) is 13.0 Å². The van der Waals surface area contributed by atoms with Gasteiger partial charge in [-0.1, -0.05) is 19.1 Å². The number of para-hydroxylation sites is 1. The van der Waals surface area contributed by atoms with Crippen LogP contribution in [0.4, 0.5) is 5.82 Å². The summed E-state index contributed by atoms with van der Waals surface area (Å²) in [7, 11) is 0. The summed E-state index contributed by atoms with van der Waals surface area (Å²) in [6.07, 6.45) is 2.41. The Labute approximate surface area is 125 Å². The summed E-state index contributed by atoms with van der Waals surface area (Å²) in [6, 6.07) is 9.10. The molecule has 20 heavy (non-hydrogen) atoms. The Morgan fingerprint density at radius 1 is 1.35 bits per heavy atom. The molecule has 1 N–H and O–H groups in total. The van der Waals surface area contributed by atoms with Gasteiger partial charge in [-0.3, -0.25) is 0 Å². The summed E-state index contributed by atoms with van der Waals surface area (Å²) in [4.78, 5) is 8.23. The smallest absolute Gasteiger partial charge is 0.238 e. The molecule has 0 aliphatic heterocycles. The highest BCUT2D eigenvalue weighted by molar-refractivity contribution is 9.10. The molecule has 0 radical (unpaired) electrons. The molecule has 0 amide bonds. The summed E-state index contributed by atoms with van der Waals surface area (Å²) in [5, 5.41) is 12.2. The van der Waals surface area contributed by atoms with Crippen LogP contribution >= 0.6 is 15.9 Å². The van der Waals surface area contributed by atoms with Crippen molar-refractivity contribution in [1.82, 2.24) is 9.97 Å². The Morgan fingerprint density at radius 3 is 2.90 bits per heavy atom. The van der Waals surface area contributed by atoms with Gasteiger partial charge in [-0.25, -0.2) is 9.97 Å². The zero-order valence-corrected chi connectivity index (χ0v) is 12.5. The summed E-state index contributed by atoms with van der Waals surface area (Å²) >= 11 is 3.42. The minimum absolute atomic E-state index is 0.376. The zero-order valence-electron chi connectivity index (χ0n) is 10.9. The third-order valence-corrected chi connectivity index (χ3v) is 3.23. The molecular formula is C14H13BrN4O. The molecule has 5 nitrogen and oxygen atoms in total. The maximum absolute atomic E-state index is 9.05. The number of aromatic nitrogens is 2. The van der Waals surface area contributed by atoms with Gasteiger partial charge in [0.05, 0.1) is 5.56 Å². The molecule has 0 aliphatic rings. The lowest BCUT2D eigenvalue weighted by atomic mass is 10.2. The van der Waals surface area contributed by atoms with E-state index in [1.165, 1.54) is 6.33 Å². The SMILES string of the molecule is CCCNc1ncnc(Oc2ccccc2C#N)c1Br. The molecule has 6 heteroatoms. The number of benzene rings is 1. The maximum atomic E-state index is 9.05. The van der Waals surface area contributed by atoms with Gasteiger partial charge in [0.1, 0.15) is 28.4 Å². The molecule has 1 aromatic carbocycles. The average Bonchev–Trinajstić information content (AvgIpc) is 2.48. The van der Waals surface area contributed by atoms with Crippen LogP contribution in [-0.4, -0.2) is 16.5 Å². The van der Waals surface area contributed by atoms with Crippen molar-refractivity contribution >= 4 is 21.7 Å². The van der Waals surface area contributed by atoms with E-state index in [-0.39, 0.29) is 0 Å². The third kappa shape index (κ3) is 3.25. The van der Waals surface area contributed by atoms with Crippen molar-refractivity contribution in [2.75, 3.05) is 11.9 Å².